The monoisotopic (exact) mass is 482 g/mol. The van der Waals surface area contributed by atoms with Gasteiger partial charge in [0.2, 0.25) is 0 Å². The van der Waals surface area contributed by atoms with Crippen molar-refractivity contribution in [1.82, 2.24) is 10.2 Å². The number of halogens is 3. The summed E-state index contributed by atoms with van der Waals surface area (Å²) in [6.07, 6.45) is 1.35. The number of amides is 3. The van der Waals surface area contributed by atoms with Crippen LogP contribution in [0.3, 0.4) is 0 Å². The van der Waals surface area contributed by atoms with Crippen LogP contribution in [0.15, 0.2) is 51.8 Å². The van der Waals surface area contributed by atoms with E-state index in [2.05, 4.69) is 21.2 Å². The molecule has 0 atom stereocenters. The van der Waals surface area contributed by atoms with Crippen LogP contribution in [0.5, 0.6) is 0 Å². The lowest BCUT2D eigenvalue weighted by molar-refractivity contribution is -0.122. The third-order valence-corrected chi connectivity index (χ3v) is 5.58. The Balaban J connectivity index is 1.62. The van der Waals surface area contributed by atoms with Gasteiger partial charge >= 0.3 is 0 Å². The number of nitrogens with one attached hydrogen (secondary N) is 1. The van der Waals surface area contributed by atoms with E-state index in [-0.39, 0.29) is 28.6 Å². The first-order valence-corrected chi connectivity index (χ1v) is 10.1. The molecule has 0 saturated carbocycles. The molecule has 1 saturated heterocycles. The number of benzene rings is 2. The Hall–Kier alpha value is -2.16. The van der Waals surface area contributed by atoms with Crippen LogP contribution in [0, 0.1) is 5.82 Å². The number of hydrogen-bond acceptors (Lipinski definition) is 4. The van der Waals surface area contributed by atoms with Gasteiger partial charge in [0.25, 0.3) is 17.1 Å². The maximum atomic E-state index is 13.7. The summed E-state index contributed by atoms with van der Waals surface area (Å²) < 4.78 is 14.5. The summed E-state index contributed by atoms with van der Waals surface area (Å²) in [4.78, 5) is 37.9. The van der Waals surface area contributed by atoms with E-state index >= 15 is 0 Å². The van der Waals surface area contributed by atoms with Gasteiger partial charge in [-0.05, 0) is 42.1 Å². The topological polar surface area (TPSA) is 66.5 Å². The van der Waals surface area contributed by atoms with E-state index in [1.807, 2.05) is 0 Å². The molecule has 144 valence electrons. The summed E-state index contributed by atoms with van der Waals surface area (Å²) >= 11 is 10.0. The van der Waals surface area contributed by atoms with Gasteiger partial charge in [-0.3, -0.25) is 19.3 Å². The highest BCUT2D eigenvalue weighted by molar-refractivity contribution is 9.10. The van der Waals surface area contributed by atoms with Crippen LogP contribution in [0.4, 0.5) is 9.18 Å². The van der Waals surface area contributed by atoms with Gasteiger partial charge in [-0.15, -0.1) is 0 Å². The molecule has 3 amide bonds. The number of carbonyl (C=O) groups excluding carboxylic acids is 3. The first-order chi connectivity index (χ1) is 13.4. The molecule has 1 heterocycles. The molecule has 0 bridgehead atoms. The van der Waals surface area contributed by atoms with Crippen LogP contribution >= 0.6 is 39.3 Å². The lowest BCUT2D eigenvalue weighted by Crippen LogP contribution is -2.37. The lowest BCUT2D eigenvalue weighted by atomic mass is 10.2. The SMILES string of the molecule is O=C(NCCN1C(=O)S/C(=C\c2ccccc2F)C1=O)c1ccc(Br)cc1Cl. The van der Waals surface area contributed by atoms with Gasteiger partial charge in [0, 0.05) is 23.1 Å². The molecule has 0 aliphatic carbocycles. The van der Waals surface area contributed by atoms with Crippen molar-refractivity contribution in [2.75, 3.05) is 13.1 Å². The largest absolute Gasteiger partial charge is 0.350 e. The van der Waals surface area contributed by atoms with Gasteiger partial charge in [-0.2, -0.15) is 0 Å². The third-order valence-electron chi connectivity index (χ3n) is 3.86. The van der Waals surface area contributed by atoms with Gasteiger partial charge in [0.1, 0.15) is 5.82 Å². The average molecular weight is 484 g/mol. The van der Waals surface area contributed by atoms with E-state index < -0.39 is 22.9 Å². The highest BCUT2D eigenvalue weighted by Gasteiger charge is 2.34. The minimum Gasteiger partial charge on any atom is -0.350 e. The Labute approximate surface area is 178 Å². The third kappa shape index (κ3) is 4.63. The molecule has 9 heteroatoms. The molecule has 1 fully saturated rings. The minimum absolute atomic E-state index is 0.000828. The number of rotatable bonds is 5. The normalized spacial score (nSPS) is 15.4. The van der Waals surface area contributed by atoms with Crippen molar-refractivity contribution in [2.24, 2.45) is 0 Å². The Bertz CT molecular complexity index is 999. The predicted molar refractivity (Wildman–Crippen MR) is 111 cm³/mol. The maximum Gasteiger partial charge on any atom is 0.293 e. The zero-order valence-corrected chi connectivity index (χ0v) is 17.4. The molecular weight excluding hydrogens is 471 g/mol. The molecular formula is C19H13BrClFN2O3S. The van der Waals surface area contributed by atoms with Crippen molar-refractivity contribution in [2.45, 2.75) is 0 Å². The molecule has 5 nitrogen and oxygen atoms in total. The molecule has 0 radical (unpaired) electrons. The van der Waals surface area contributed by atoms with E-state index in [0.29, 0.717) is 5.56 Å². The highest BCUT2D eigenvalue weighted by Crippen LogP contribution is 2.32. The van der Waals surface area contributed by atoms with Crippen molar-refractivity contribution in [3.63, 3.8) is 0 Å². The van der Waals surface area contributed by atoms with Crippen molar-refractivity contribution in [3.8, 4) is 0 Å². The molecule has 1 N–H and O–H groups in total. The van der Waals surface area contributed by atoms with Crippen molar-refractivity contribution < 1.29 is 18.8 Å². The summed E-state index contributed by atoms with van der Waals surface area (Å²) in [7, 11) is 0. The van der Waals surface area contributed by atoms with Gasteiger partial charge < -0.3 is 5.32 Å². The second-order valence-electron chi connectivity index (χ2n) is 5.73. The molecule has 3 rings (SSSR count). The predicted octanol–water partition coefficient (Wildman–Crippen LogP) is 4.71. The average Bonchev–Trinajstić information content (AvgIpc) is 2.91. The first-order valence-electron chi connectivity index (χ1n) is 8.10. The Kier molecular flexibility index (Phi) is 6.53. The number of hydrogen-bond donors (Lipinski definition) is 1. The second kappa shape index (κ2) is 8.89. The first kappa shape index (κ1) is 20.6. The Morgan fingerprint density at radius 3 is 2.71 bits per heavy atom. The number of imide groups is 1. The fraction of sp³-hybridized carbons (Fsp3) is 0.105. The molecule has 0 unspecified atom stereocenters. The summed E-state index contributed by atoms with van der Waals surface area (Å²) in [6.45, 7) is 0.0649. The highest BCUT2D eigenvalue weighted by atomic mass is 79.9. The van der Waals surface area contributed by atoms with E-state index in [9.17, 15) is 18.8 Å². The van der Waals surface area contributed by atoms with Crippen LogP contribution < -0.4 is 5.32 Å². The fourth-order valence-corrected chi connectivity index (χ4v) is 4.09. The Morgan fingerprint density at radius 1 is 1.25 bits per heavy atom. The second-order valence-corrected chi connectivity index (χ2v) is 8.05. The lowest BCUT2D eigenvalue weighted by Gasteiger charge is -2.13. The quantitative estimate of drug-likeness (QED) is 0.626. The fourth-order valence-electron chi connectivity index (χ4n) is 2.48. The van der Waals surface area contributed by atoms with Crippen molar-refractivity contribution in [1.29, 1.82) is 0 Å². The zero-order chi connectivity index (χ0) is 20.3. The number of nitrogens with zero attached hydrogens (tertiary/aromatic N) is 1. The van der Waals surface area contributed by atoms with Gasteiger partial charge in [0.15, 0.2) is 0 Å². The van der Waals surface area contributed by atoms with Crippen LogP contribution in [-0.4, -0.2) is 35.0 Å². The van der Waals surface area contributed by atoms with E-state index in [1.165, 1.54) is 18.2 Å². The summed E-state index contributed by atoms with van der Waals surface area (Å²) in [5, 5.41) is 2.44. The van der Waals surface area contributed by atoms with E-state index in [4.69, 9.17) is 11.6 Å². The molecule has 0 spiro atoms. The van der Waals surface area contributed by atoms with Crippen LogP contribution in [0.1, 0.15) is 15.9 Å². The van der Waals surface area contributed by atoms with Gasteiger partial charge in [-0.1, -0.05) is 45.7 Å². The summed E-state index contributed by atoms with van der Waals surface area (Å²) in [6, 6.07) is 10.8. The molecule has 2 aromatic rings. The van der Waals surface area contributed by atoms with Crippen molar-refractivity contribution >= 4 is 62.4 Å². The smallest absolute Gasteiger partial charge is 0.293 e. The molecule has 28 heavy (non-hydrogen) atoms. The zero-order valence-electron chi connectivity index (χ0n) is 14.2. The molecule has 2 aromatic carbocycles. The van der Waals surface area contributed by atoms with Crippen LogP contribution in [-0.2, 0) is 4.79 Å². The van der Waals surface area contributed by atoms with Crippen molar-refractivity contribution in [3.05, 3.63) is 73.8 Å². The van der Waals surface area contributed by atoms with Crippen LogP contribution in [0.2, 0.25) is 5.02 Å². The number of thioether (sulfide) groups is 1. The van der Waals surface area contributed by atoms with Gasteiger partial charge in [0.05, 0.1) is 15.5 Å². The molecule has 0 aromatic heterocycles. The molecule has 1 aliphatic heterocycles. The van der Waals surface area contributed by atoms with Crippen LogP contribution in [0.25, 0.3) is 6.08 Å². The molecule has 1 aliphatic rings. The minimum atomic E-state index is -0.519. The Morgan fingerprint density at radius 2 is 2.00 bits per heavy atom. The number of carbonyl (C=O) groups is 3. The van der Waals surface area contributed by atoms with E-state index in [0.717, 1.165) is 21.1 Å². The van der Waals surface area contributed by atoms with Gasteiger partial charge in [-0.25, -0.2) is 4.39 Å². The summed E-state index contributed by atoms with van der Waals surface area (Å²) in [5.74, 6) is -1.41. The summed E-state index contributed by atoms with van der Waals surface area (Å²) in [5.41, 5.74) is 0.518. The van der Waals surface area contributed by atoms with E-state index in [1.54, 1.807) is 30.3 Å². The maximum absolute atomic E-state index is 13.7. The standard InChI is InChI=1S/C19H13BrClFN2O3S/c20-12-5-6-13(14(21)10-12)17(25)23-7-8-24-18(26)16(28-19(24)27)9-11-3-1-2-4-15(11)22/h1-6,9-10H,7-8H2,(H,23,25)/b16-9-.